The number of alkyl halides is 1. The van der Waals surface area contributed by atoms with E-state index >= 15 is 0 Å². The summed E-state index contributed by atoms with van der Waals surface area (Å²) in [5.41, 5.74) is 0. The molecule has 1 aliphatic carbocycles. The second-order valence-corrected chi connectivity index (χ2v) is 24.4. The Hall–Kier alpha value is -0.980. The van der Waals surface area contributed by atoms with E-state index in [1.54, 1.807) is 26.1 Å². The smallest absolute Gasteiger partial charge is 0.222 e. The lowest BCUT2D eigenvalue weighted by molar-refractivity contribution is -0.129. The van der Waals surface area contributed by atoms with Crippen molar-refractivity contribution >= 4 is 5.91 Å². The van der Waals surface area contributed by atoms with Gasteiger partial charge in [0.15, 0.2) is 0 Å². The largest absolute Gasteiger partial charge is 0.396 e. The second-order valence-electron chi connectivity index (χ2n) is 24.4. The van der Waals surface area contributed by atoms with Gasteiger partial charge in [-0.05, 0) is 128 Å². The summed E-state index contributed by atoms with van der Waals surface area (Å²) in [4.78, 5) is 12.5. The van der Waals surface area contributed by atoms with Gasteiger partial charge in [0.1, 0.15) is 0 Å². The molecule has 2 rings (SSSR count). The van der Waals surface area contributed by atoms with E-state index in [4.69, 9.17) is 14.6 Å². The summed E-state index contributed by atoms with van der Waals surface area (Å²) in [6.07, 6.45) is 14.8. The zero-order valence-electron chi connectivity index (χ0n) is 53.7. The number of carbonyl (C=O) groups excluding carboxylic acids is 1. The van der Waals surface area contributed by atoms with Crippen LogP contribution in [0, 0.1) is 82.9 Å². The first-order chi connectivity index (χ1) is 31.6. The Morgan fingerprint density at radius 3 is 1.07 bits per heavy atom. The maximum absolute atomic E-state index is 11.2. The topological polar surface area (TPSA) is 59.0 Å². The Morgan fingerprint density at radius 1 is 0.623 bits per heavy atom. The van der Waals surface area contributed by atoms with Gasteiger partial charge in [-0.1, -0.05) is 212 Å². The SMILES string of the molecule is C=CCC(C)C.CC(C)C.CC(C)C(C)C.CC(C)C1CC1.CC(C)C1CCOC1.CC(C)CC(=O)N(C)C.CC(C)CCF.CC(C)CCO.CCC(C)C.CCCC(C)C.COCCC(C)C. The van der Waals surface area contributed by atoms with Crippen LogP contribution in [0.15, 0.2) is 12.7 Å². The molecule has 0 aromatic rings. The average molecular weight is 995 g/mol. The number of carbonyl (C=O) groups is 1. The van der Waals surface area contributed by atoms with Gasteiger partial charge < -0.3 is 19.5 Å². The summed E-state index contributed by atoms with van der Waals surface area (Å²) < 4.78 is 21.3. The molecular formula is C63H140FNO4. The molecule has 1 amide bonds. The molecule has 0 spiro atoms. The van der Waals surface area contributed by atoms with Gasteiger partial charge in [0, 0.05) is 54.1 Å². The van der Waals surface area contributed by atoms with Crippen molar-refractivity contribution in [2.24, 2.45) is 82.9 Å². The number of rotatable bonds is 17. The molecule has 0 bridgehead atoms. The van der Waals surface area contributed by atoms with Gasteiger partial charge in [-0.25, -0.2) is 0 Å². The van der Waals surface area contributed by atoms with Crippen LogP contribution in [0.3, 0.4) is 0 Å². The summed E-state index contributed by atoms with van der Waals surface area (Å²) in [6.45, 7) is 65.7. The summed E-state index contributed by atoms with van der Waals surface area (Å²) in [5.74, 6) is 11.5. The predicted molar refractivity (Wildman–Crippen MR) is 317 cm³/mol. The Balaban J connectivity index is -0.0000000825. The van der Waals surface area contributed by atoms with Crippen LogP contribution >= 0.6 is 0 Å². The van der Waals surface area contributed by atoms with Crippen molar-refractivity contribution in [3.05, 3.63) is 12.7 Å². The van der Waals surface area contributed by atoms with Crippen LogP contribution in [0.1, 0.15) is 258 Å². The van der Waals surface area contributed by atoms with Crippen LogP contribution in [-0.2, 0) is 14.3 Å². The zero-order valence-corrected chi connectivity index (χ0v) is 53.7. The first-order valence-electron chi connectivity index (χ1n) is 28.7. The minimum atomic E-state index is -0.169. The highest BCUT2D eigenvalue weighted by molar-refractivity contribution is 5.75. The van der Waals surface area contributed by atoms with Gasteiger partial charge >= 0.3 is 0 Å². The molecule has 0 radical (unpaired) electrons. The highest BCUT2D eigenvalue weighted by Crippen LogP contribution is 2.35. The minimum absolute atomic E-state index is 0.169. The molecule has 1 unspecified atom stereocenters. The van der Waals surface area contributed by atoms with Crippen LogP contribution in [0.5, 0.6) is 0 Å². The summed E-state index contributed by atoms with van der Waals surface area (Å²) in [5, 5.41) is 8.24. The molecule has 1 saturated carbocycles. The maximum atomic E-state index is 11.2. The first-order valence-corrected chi connectivity index (χ1v) is 28.7. The first kappa shape index (κ1) is 87.7. The standard InChI is InChI=1S/C7H15NO.C7H14O.C6H14O.C6H12.2C6H14.C6H12.C5H11F.C5H12O.C5H12.C4H10/c1-6(2)5-7(9)8(3)4;1-6(2)7-3-4-8-5-7;1-6(2)4-5-7-3;1-5(2)6-3-4-6;1-5(2)6(3)4;2*1-4-5-6(2)3;2*1-5(2)3-4-6;1-4-5(2)3;1-4(2)3/h6H,5H2,1-4H3;6-7H,3-5H2,1-2H3;6H,4-5H2,1-3H3;5-6H,3-4H2,1-2H3;5-6H,1-4H3;6H,4-5H2,1-3H3;4,6H,1,5H2,2-3H3;5H,3-4H2,1-2H3;5-6H,3-4H2,1-2H3;5H,4H2,1-3H3;4H,1-3H3. The molecule has 1 N–H and O–H groups in total. The number of amides is 1. The average Bonchev–Trinajstić information content (AvgIpc) is 3.92. The highest BCUT2D eigenvalue weighted by Gasteiger charge is 2.24. The lowest BCUT2D eigenvalue weighted by atomic mass is 9.96. The van der Waals surface area contributed by atoms with E-state index in [-0.39, 0.29) is 12.6 Å². The molecule has 1 atom stereocenters. The molecule has 1 heterocycles. The van der Waals surface area contributed by atoms with Gasteiger partial charge in [-0.3, -0.25) is 9.18 Å². The molecule has 2 aliphatic rings. The fourth-order valence-electron chi connectivity index (χ4n) is 4.11. The van der Waals surface area contributed by atoms with Crippen molar-refractivity contribution in [1.29, 1.82) is 0 Å². The van der Waals surface area contributed by atoms with E-state index in [2.05, 4.69) is 166 Å². The molecule has 1 saturated heterocycles. The molecule has 0 aromatic heterocycles. The van der Waals surface area contributed by atoms with Crippen LogP contribution in [-0.4, -0.2) is 70.2 Å². The van der Waals surface area contributed by atoms with Crippen molar-refractivity contribution in [1.82, 2.24) is 4.90 Å². The Kier molecular flexibility index (Phi) is 85.2. The van der Waals surface area contributed by atoms with Gasteiger partial charge in [0.2, 0.25) is 5.91 Å². The number of allylic oxidation sites excluding steroid dienone is 1. The highest BCUT2D eigenvalue weighted by atomic mass is 19.1. The summed E-state index contributed by atoms with van der Waals surface area (Å²) in [6, 6.07) is 0. The number of hydrogen-bond donors (Lipinski definition) is 1. The molecule has 2 fully saturated rings. The number of aliphatic hydroxyl groups is 1. The van der Waals surface area contributed by atoms with Crippen molar-refractivity contribution in [2.45, 2.75) is 258 Å². The van der Waals surface area contributed by atoms with E-state index in [0.717, 1.165) is 97.8 Å². The number of methoxy groups -OCH3 is 1. The van der Waals surface area contributed by atoms with E-state index in [0.29, 0.717) is 37.2 Å². The number of aliphatic hydroxyl groups excluding tert-OH is 1. The van der Waals surface area contributed by atoms with E-state index in [1.807, 2.05) is 33.8 Å². The minimum Gasteiger partial charge on any atom is -0.396 e. The Morgan fingerprint density at radius 2 is 1.01 bits per heavy atom. The van der Waals surface area contributed by atoms with Crippen LogP contribution in [0.4, 0.5) is 4.39 Å². The quantitative estimate of drug-likeness (QED) is 0.148. The lowest BCUT2D eigenvalue weighted by Gasteiger charge is -2.10. The lowest BCUT2D eigenvalue weighted by Crippen LogP contribution is -2.22. The molecule has 69 heavy (non-hydrogen) atoms. The summed E-state index contributed by atoms with van der Waals surface area (Å²) in [7, 11) is 5.30. The third-order valence-corrected chi connectivity index (χ3v) is 10.5. The normalized spacial score (nSPS) is 13.3. The van der Waals surface area contributed by atoms with Gasteiger partial charge in [-0.2, -0.15) is 0 Å². The third-order valence-electron chi connectivity index (χ3n) is 10.5. The fraction of sp³-hybridized carbons (Fsp3) is 0.952. The molecule has 428 valence electrons. The monoisotopic (exact) mass is 994 g/mol. The second kappa shape index (κ2) is 67.0. The molecule has 0 aromatic carbocycles. The molecule has 6 heteroatoms. The van der Waals surface area contributed by atoms with Crippen LogP contribution in [0.25, 0.3) is 0 Å². The van der Waals surface area contributed by atoms with E-state index in [1.165, 1.54) is 44.9 Å². The van der Waals surface area contributed by atoms with Gasteiger partial charge in [-0.15, -0.1) is 6.58 Å². The fourth-order valence-corrected chi connectivity index (χ4v) is 4.11. The maximum Gasteiger partial charge on any atom is 0.222 e. The van der Waals surface area contributed by atoms with Crippen molar-refractivity contribution in [3.8, 4) is 0 Å². The number of halogens is 1. The Bertz CT molecular complexity index is 843. The van der Waals surface area contributed by atoms with E-state index < -0.39 is 0 Å². The number of ether oxygens (including phenoxy) is 2. The molecular weight excluding hydrogens is 854 g/mol. The Labute approximate surface area is 440 Å². The van der Waals surface area contributed by atoms with Crippen molar-refractivity contribution in [2.75, 3.05) is 54.3 Å². The van der Waals surface area contributed by atoms with Gasteiger partial charge in [0.05, 0.1) is 6.67 Å². The zero-order chi connectivity index (χ0) is 56.7. The van der Waals surface area contributed by atoms with Crippen molar-refractivity contribution < 1.29 is 23.8 Å². The van der Waals surface area contributed by atoms with Gasteiger partial charge in [0.25, 0.3) is 0 Å². The third kappa shape index (κ3) is 128. The predicted octanol–water partition coefficient (Wildman–Crippen LogP) is 20.2. The molecule has 1 aliphatic heterocycles. The van der Waals surface area contributed by atoms with Crippen LogP contribution < -0.4 is 0 Å². The molecule has 5 nitrogen and oxygen atoms in total. The van der Waals surface area contributed by atoms with E-state index in [9.17, 15) is 9.18 Å². The van der Waals surface area contributed by atoms with Crippen molar-refractivity contribution in [3.63, 3.8) is 0 Å². The number of nitrogens with zero attached hydrogens (tertiary/aromatic N) is 1. The number of hydrogen-bond acceptors (Lipinski definition) is 4. The van der Waals surface area contributed by atoms with Crippen LogP contribution in [0.2, 0.25) is 0 Å². The summed E-state index contributed by atoms with van der Waals surface area (Å²) >= 11 is 0.